The highest BCUT2D eigenvalue weighted by atomic mass is 32.2. The van der Waals surface area contributed by atoms with Crippen LogP contribution >= 0.6 is 11.8 Å². The lowest BCUT2D eigenvalue weighted by Gasteiger charge is -2.26. The van der Waals surface area contributed by atoms with Crippen molar-refractivity contribution in [3.8, 4) is 11.1 Å². The molecule has 0 N–H and O–H groups in total. The van der Waals surface area contributed by atoms with Gasteiger partial charge in [-0.1, -0.05) is 24.3 Å². The summed E-state index contributed by atoms with van der Waals surface area (Å²) in [5.74, 6) is 0.175. The maximum absolute atomic E-state index is 13.1. The number of fused-ring (bicyclic) bond motifs is 2. The van der Waals surface area contributed by atoms with Crippen molar-refractivity contribution in [1.29, 1.82) is 0 Å². The third kappa shape index (κ3) is 3.40. The Bertz CT molecular complexity index is 789. The second kappa shape index (κ2) is 7.45. The third-order valence-electron chi connectivity index (χ3n) is 5.97. The molecule has 0 aliphatic carbocycles. The number of likely N-dealkylation sites (N-methyl/N-ethyl adjacent to an activating group) is 1. The molecule has 4 rings (SSSR count). The van der Waals surface area contributed by atoms with E-state index in [1.54, 1.807) is 11.8 Å². The molecule has 2 aromatic rings. The summed E-state index contributed by atoms with van der Waals surface area (Å²) in [4.78, 5) is 18.9. The van der Waals surface area contributed by atoms with Crippen LogP contribution in [0.5, 0.6) is 0 Å². The van der Waals surface area contributed by atoms with Crippen molar-refractivity contribution in [2.45, 2.75) is 36.2 Å². The molecule has 0 unspecified atom stereocenters. The van der Waals surface area contributed by atoms with Gasteiger partial charge >= 0.3 is 0 Å². The van der Waals surface area contributed by atoms with E-state index in [2.05, 4.69) is 53.4 Å². The molecule has 26 heavy (non-hydrogen) atoms. The van der Waals surface area contributed by atoms with Crippen molar-refractivity contribution in [1.82, 2.24) is 9.80 Å². The Morgan fingerprint density at radius 3 is 2.54 bits per heavy atom. The van der Waals surface area contributed by atoms with Gasteiger partial charge in [-0.2, -0.15) is 0 Å². The second-order valence-corrected chi connectivity index (χ2v) is 8.28. The van der Waals surface area contributed by atoms with Gasteiger partial charge in [0.25, 0.3) is 5.91 Å². The highest BCUT2D eigenvalue weighted by Crippen LogP contribution is 2.30. The van der Waals surface area contributed by atoms with Crippen LogP contribution in [-0.2, 0) is 0 Å². The standard InChI is InChI=1S/C22H26N2OS/c1-23-19-8-9-20(23)15-24(13-12-19)22(25)18-5-3-4-17(14-18)16-6-10-21(26-2)11-7-16/h3-7,10-11,14,19-20H,8-9,12-13,15H2,1-2H3/t19-,20+/m1/s1. The molecule has 2 heterocycles. The van der Waals surface area contributed by atoms with Gasteiger partial charge in [0.1, 0.15) is 0 Å². The molecule has 136 valence electrons. The van der Waals surface area contributed by atoms with Gasteiger partial charge in [0.2, 0.25) is 0 Å². The number of amides is 1. The Morgan fingerprint density at radius 1 is 1.00 bits per heavy atom. The van der Waals surface area contributed by atoms with E-state index in [1.165, 1.54) is 17.7 Å². The van der Waals surface area contributed by atoms with Gasteiger partial charge in [-0.25, -0.2) is 0 Å². The Morgan fingerprint density at radius 2 is 1.77 bits per heavy atom. The fraction of sp³-hybridized carbons (Fsp3) is 0.409. The van der Waals surface area contributed by atoms with Crippen LogP contribution in [0.4, 0.5) is 0 Å². The summed E-state index contributed by atoms with van der Waals surface area (Å²) >= 11 is 1.74. The van der Waals surface area contributed by atoms with E-state index >= 15 is 0 Å². The van der Waals surface area contributed by atoms with E-state index in [4.69, 9.17) is 0 Å². The smallest absolute Gasteiger partial charge is 0.253 e. The molecule has 2 aliphatic rings. The molecule has 0 saturated carbocycles. The van der Waals surface area contributed by atoms with E-state index < -0.39 is 0 Å². The van der Waals surface area contributed by atoms with Crippen molar-refractivity contribution in [2.75, 3.05) is 26.4 Å². The van der Waals surface area contributed by atoms with Gasteiger partial charge in [0.15, 0.2) is 0 Å². The van der Waals surface area contributed by atoms with Crippen LogP contribution in [0.25, 0.3) is 11.1 Å². The Hall–Kier alpha value is -1.78. The zero-order chi connectivity index (χ0) is 18.1. The molecule has 2 atom stereocenters. The molecule has 2 aliphatic heterocycles. The first-order valence-corrected chi connectivity index (χ1v) is 10.6. The minimum Gasteiger partial charge on any atom is -0.337 e. The molecule has 2 bridgehead atoms. The van der Waals surface area contributed by atoms with E-state index in [1.807, 2.05) is 18.2 Å². The number of hydrogen-bond acceptors (Lipinski definition) is 3. The van der Waals surface area contributed by atoms with Gasteiger partial charge in [-0.05, 0) is 68.0 Å². The van der Waals surface area contributed by atoms with Crippen LogP contribution in [-0.4, -0.2) is 54.2 Å². The largest absolute Gasteiger partial charge is 0.337 e. The van der Waals surface area contributed by atoms with Crippen molar-refractivity contribution < 1.29 is 4.79 Å². The summed E-state index contributed by atoms with van der Waals surface area (Å²) in [5, 5.41) is 0. The number of benzene rings is 2. The zero-order valence-corrected chi connectivity index (χ0v) is 16.3. The van der Waals surface area contributed by atoms with E-state index in [0.29, 0.717) is 12.1 Å². The lowest BCUT2D eigenvalue weighted by molar-refractivity contribution is 0.0740. The lowest BCUT2D eigenvalue weighted by Crippen LogP contribution is -2.39. The second-order valence-electron chi connectivity index (χ2n) is 7.40. The number of thioether (sulfide) groups is 1. The summed E-state index contributed by atoms with van der Waals surface area (Å²) in [5.41, 5.74) is 3.07. The van der Waals surface area contributed by atoms with Crippen molar-refractivity contribution in [3.05, 3.63) is 54.1 Å². The van der Waals surface area contributed by atoms with Crippen LogP contribution < -0.4 is 0 Å². The number of likely N-dealkylation sites (tertiary alicyclic amines) is 1. The van der Waals surface area contributed by atoms with Crippen molar-refractivity contribution in [2.24, 2.45) is 0 Å². The summed E-state index contributed by atoms with van der Waals surface area (Å²) in [7, 11) is 2.22. The first kappa shape index (κ1) is 17.6. The van der Waals surface area contributed by atoms with Gasteiger partial charge in [0, 0.05) is 35.6 Å². The highest BCUT2D eigenvalue weighted by molar-refractivity contribution is 7.98. The quantitative estimate of drug-likeness (QED) is 0.753. The average molecular weight is 367 g/mol. The minimum absolute atomic E-state index is 0.175. The van der Waals surface area contributed by atoms with E-state index in [9.17, 15) is 4.79 Å². The molecule has 2 aromatic carbocycles. The third-order valence-corrected chi connectivity index (χ3v) is 6.71. The van der Waals surface area contributed by atoms with Crippen LogP contribution in [0.3, 0.4) is 0 Å². The van der Waals surface area contributed by atoms with Crippen LogP contribution in [0.1, 0.15) is 29.6 Å². The fourth-order valence-electron chi connectivity index (χ4n) is 4.29. The molecule has 2 fully saturated rings. The first-order valence-electron chi connectivity index (χ1n) is 9.41. The topological polar surface area (TPSA) is 23.6 Å². The molecular formula is C22H26N2OS. The SMILES string of the molecule is CSc1ccc(-c2cccc(C(=O)N3CC[C@H]4CC[C@@H](C3)N4C)c2)cc1. The maximum atomic E-state index is 13.1. The highest BCUT2D eigenvalue weighted by Gasteiger charge is 2.36. The number of hydrogen-bond donors (Lipinski definition) is 0. The normalized spacial score (nSPS) is 23.1. The monoisotopic (exact) mass is 366 g/mol. The Balaban J connectivity index is 1.55. The summed E-state index contributed by atoms with van der Waals surface area (Å²) in [6, 6.07) is 17.8. The van der Waals surface area contributed by atoms with Gasteiger partial charge in [0.05, 0.1) is 0 Å². The molecular weight excluding hydrogens is 340 g/mol. The minimum atomic E-state index is 0.175. The predicted octanol–water partition coefficient (Wildman–Crippen LogP) is 4.38. The molecule has 0 radical (unpaired) electrons. The fourth-order valence-corrected chi connectivity index (χ4v) is 4.70. The average Bonchev–Trinajstić information content (AvgIpc) is 2.93. The maximum Gasteiger partial charge on any atom is 0.253 e. The molecule has 1 amide bonds. The predicted molar refractivity (Wildman–Crippen MR) is 109 cm³/mol. The van der Waals surface area contributed by atoms with Crippen molar-refractivity contribution in [3.63, 3.8) is 0 Å². The van der Waals surface area contributed by atoms with E-state index in [0.717, 1.165) is 36.2 Å². The van der Waals surface area contributed by atoms with Gasteiger partial charge in [-0.3, -0.25) is 9.69 Å². The molecule has 2 saturated heterocycles. The molecule has 4 heteroatoms. The van der Waals surface area contributed by atoms with Crippen LogP contribution in [0.15, 0.2) is 53.4 Å². The Labute approximate surface area is 160 Å². The lowest BCUT2D eigenvalue weighted by atomic mass is 10.0. The van der Waals surface area contributed by atoms with Gasteiger partial charge in [-0.15, -0.1) is 11.8 Å². The van der Waals surface area contributed by atoms with Gasteiger partial charge < -0.3 is 4.90 Å². The van der Waals surface area contributed by atoms with Crippen LogP contribution in [0.2, 0.25) is 0 Å². The Kier molecular flexibility index (Phi) is 5.05. The molecule has 3 nitrogen and oxygen atoms in total. The number of nitrogens with zero attached hydrogens (tertiary/aromatic N) is 2. The number of rotatable bonds is 3. The summed E-state index contributed by atoms with van der Waals surface area (Å²) in [6.45, 7) is 1.73. The van der Waals surface area contributed by atoms with Crippen LogP contribution in [0, 0.1) is 0 Å². The molecule has 0 spiro atoms. The summed E-state index contributed by atoms with van der Waals surface area (Å²) in [6.07, 6.45) is 5.67. The number of carbonyl (C=O) groups is 1. The number of carbonyl (C=O) groups excluding carboxylic acids is 1. The first-order chi connectivity index (χ1) is 12.7. The molecule has 0 aromatic heterocycles. The zero-order valence-electron chi connectivity index (χ0n) is 15.5. The summed E-state index contributed by atoms with van der Waals surface area (Å²) < 4.78 is 0. The van der Waals surface area contributed by atoms with E-state index in [-0.39, 0.29) is 5.91 Å². The van der Waals surface area contributed by atoms with Crippen molar-refractivity contribution >= 4 is 17.7 Å².